The minimum Gasteiger partial charge on any atom is -0.419 e. The molecule has 0 aliphatic heterocycles. The maximum Gasteiger partial charge on any atom is 0.312 e. The third kappa shape index (κ3) is 4.83. The van der Waals surface area contributed by atoms with Crippen LogP contribution in [-0.2, 0) is 14.6 Å². The first kappa shape index (κ1) is 18.5. The molecule has 132 valence electrons. The Kier molecular flexibility index (Phi) is 5.48. The van der Waals surface area contributed by atoms with E-state index in [-0.39, 0.29) is 4.90 Å². The van der Waals surface area contributed by atoms with Gasteiger partial charge in [-0.1, -0.05) is 17.7 Å². The second-order valence-electron chi connectivity index (χ2n) is 5.23. The van der Waals surface area contributed by atoms with Gasteiger partial charge in [-0.05, 0) is 25.1 Å². The quantitative estimate of drug-likeness (QED) is 0.337. The van der Waals surface area contributed by atoms with Crippen LogP contribution in [0.1, 0.15) is 12.0 Å². The number of benzene rings is 2. The van der Waals surface area contributed by atoms with Gasteiger partial charge in [0.2, 0.25) is 5.75 Å². The Labute approximate surface area is 143 Å². The van der Waals surface area contributed by atoms with Crippen molar-refractivity contribution in [3.63, 3.8) is 0 Å². The molecule has 0 aromatic heterocycles. The van der Waals surface area contributed by atoms with Crippen LogP contribution in [0.3, 0.4) is 0 Å². The van der Waals surface area contributed by atoms with Crippen molar-refractivity contribution in [3.8, 4) is 5.75 Å². The number of nitro groups is 1. The molecule has 0 spiro atoms. The number of aryl methyl sites for hydroxylation is 1. The molecule has 2 aromatic rings. The van der Waals surface area contributed by atoms with Crippen LogP contribution in [0.5, 0.6) is 5.75 Å². The van der Waals surface area contributed by atoms with Crippen molar-refractivity contribution in [3.05, 3.63) is 64.0 Å². The van der Waals surface area contributed by atoms with E-state index in [0.29, 0.717) is 6.07 Å². The highest BCUT2D eigenvalue weighted by Crippen LogP contribution is 2.27. The Bertz CT molecular complexity index is 909. The molecule has 0 aliphatic rings. The van der Waals surface area contributed by atoms with Crippen molar-refractivity contribution in [2.45, 2.75) is 18.2 Å². The lowest BCUT2D eigenvalue weighted by atomic mass is 10.2. The number of hydrogen-bond acceptors (Lipinski definition) is 6. The molecule has 2 aromatic carbocycles. The van der Waals surface area contributed by atoms with Gasteiger partial charge in [0.15, 0.2) is 9.84 Å². The first-order valence-electron chi connectivity index (χ1n) is 7.13. The van der Waals surface area contributed by atoms with E-state index in [1.54, 1.807) is 19.1 Å². The molecule has 2 rings (SSSR count). The van der Waals surface area contributed by atoms with Crippen LogP contribution in [0.25, 0.3) is 0 Å². The van der Waals surface area contributed by atoms with Crippen molar-refractivity contribution in [2.24, 2.45) is 0 Å². The summed E-state index contributed by atoms with van der Waals surface area (Å²) in [6, 6.07) is 8.52. The van der Waals surface area contributed by atoms with Crippen molar-refractivity contribution < 1.29 is 27.3 Å². The molecular formula is C16H14FNO6S. The van der Waals surface area contributed by atoms with Gasteiger partial charge >= 0.3 is 11.7 Å². The minimum absolute atomic E-state index is 0.0580. The Morgan fingerprint density at radius 1 is 1.20 bits per heavy atom. The summed E-state index contributed by atoms with van der Waals surface area (Å²) in [6.45, 7) is 1.81. The van der Waals surface area contributed by atoms with Gasteiger partial charge in [0.1, 0.15) is 5.82 Å². The smallest absolute Gasteiger partial charge is 0.312 e. The van der Waals surface area contributed by atoms with E-state index in [1.165, 1.54) is 12.1 Å². The molecule has 0 saturated carbocycles. The molecule has 0 unspecified atom stereocenters. The maximum atomic E-state index is 13.2. The summed E-state index contributed by atoms with van der Waals surface area (Å²) in [5, 5.41) is 10.8. The standard InChI is InChI=1S/C16H14FNO6S/c1-11-2-5-13(6-3-11)25(22,23)9-8-16(19)24-15-10-12(17)4-7-14(15)18(20)21/h2-7,10H,8-9H2,1H3. The van der Waals surface area contributed by atoms with Crippen LogP contribution in [0.15, 0.2) is 47.4 Å². The number of rotatable bonds is 6. The van der Waals surface area contributed by atoms with E-state index in [1.807, 2.05) is 0 Å². The molecule has 0 fully saturated rings. The zero-order valence-electron chi connectivity index (χ0n) is 13.1. The topological polar surface area (TPSA) is 104 Å². The number of ether oxygens (including phenoxy) is 1. The Morgan fingerprint density at radius 3 is 2.44 bits per heavy atom. The molecule has 0 atom stereocenters. The van der Waals surface area contributed by atoms with Crippen LogP contribution in [-0.4, -0.2) is 25.1 Å². The predicted molar refractivity (Wildman–Crippen MR) is 86.5 cm³/mol. The normalized spacial score (nSPS) is 11.1. The fourth-order valence-corrected chi connectivity index (χ4v) is 3.20. The highest BCUT2D eigenvalue weighted by atomic mass is 32.2. The number of sulfone groups is 1. The van der Waals surface area contributed by atoms with Gasteiger partial charge in [0, 0.05) is 12.1 Å². The molecule has 25 heavy (non-hydrogen) atoms. The van der Waals surface area contributed by atoms with Gasteiger partial charge in [-0.3, -0.25) is 14.9 Å². The number of esters is 1. The van der Waals surface area contributed by atoms with E-state index in [0.717, 1.165) is 17.7 Å². The number of carbonyl (C=O) groups excluding carboxylic acids is 1. The largest absolute Gasteiger partial charge is 0.419 e. The molecule has 0 radical (unpaired) electrons. The van der Waals surface area contributed by atoms with Crippen LogP contribution in [0.2, 0.25) is 0 Å². The third-order valence-corrected chi connectivity index (χ3v) is 5.03. The molecule has 9 heteroatoms. The number of nitrogens with zero attached hydrogens (tertiary/aromatic N) is 1. The maximum absolute atomic E-state index is 13.2. The van der Waals surface area contributed by atoms with Crippen LogP contribution in [0.4, 0.5) is 10.1 Å². The van der Waals surface area contributed by atoms with Crippen LogP contribution >= 0.6 is 0 Å². The monoisotopic (exact) mass is 367 g/mol. The average Bonchev–Trinajstić information content (AvgIpc) is 2.53. The molecule has 0 heterocycles. The first-order valence-corrected chi connectivity index (χ1v) is 8.78. The van der Waals surface area contributed by atoms with Gasteiger partial charge in [-0.15, -0.1) is 0 Å². The fourth-order valence-electron chi connectivity index (χ4n) is 1.98. The molecule has 0 bridgehead atoms. The van der Waals surface area contributed by atoms with Gasteiger partial charge in [0.25, 0.3) is 0 Å². The SMILES string of the molecule is Cc1ccc(S(=O)(=O)CCC(=O)Oc2cc(F)ccc2[N+](=O)[O-])cc1. The second kappa shape index (κ2) is 7.39. The molecule has 7 nitrogen and oxygen atoms in total. The van der Waals surface area contributed by atoms with Crippen molar-refractivity contribution >= 4 is 21.5 Å². The van der Waals surface area contributed by atoms with Crippen LogP contribution < -0.4 is 4.74 Å². The minimum atomic E-state index is -3.71. The van der Waals surface area contributed by atoms with Crippen molar-refractivity contribution in [1.82, 2.24) is 0 Å². The molecule has 0 amide bonds. The molecule has 0 aliphatic carbocycles. The van der Waals surface area contributed by atoms with Gasteiger partial charge in [0.05, 0.1) is 22.0 Å². The predicted octanol–water partition coefficient (Wildman–Crippen LogP) is 2.81. The summed E-state index contributed by atoms with van der Waals surface area (Å²) >= 11 is 0. The van der Waals surface area contributed by atoms with Crippen LogP contribution in [0, 0.1) is 22.9 Å². The first-order chi connectivity index (χ1) is 11.7. The van der Waals surface area contributed by atoms with Gasteiger partial charge < -0.3 is 4.74 Å². The summed E-state index contributed by atoms with van der Waals surface area (Å²) in [5.41, 5.74) is 0.299. The number of nitro benzene ring substituents is 1. The lowest BCUT2D eigenvalue weighted by Crippen LogP contribution is -2.16. The molecular weight excluding hydrogens is 353 g/mol. The van der Waals surface area contributed by atoms with Crippen molar-refractivity contribution in [2.75, 3.05) is 5.75 Å². The highest BCUT2D eigenvalue weighted by Gasteiger charge is 2.21. The van der Waals surface area contributed by atoms with Gasteiger partial charge in [-0.2, -0.15) is 0 Å². The number of hydrogen-bond donors (Lipinski definition) is 0. The summed E-state index contributed by atoms with van der Waals surface area (Å²) in [4.78, 5) is 21.9. The summed E-state index contributed by atoms with van der Waals surface area (Å²) < 4.78 is 42.2. The van der Waals surface area contributed by atoms with E-state index in [4.69, 9.17) is 4.74 Å². The van der Waals surface area contributed by atoms with E-state index in [2.05, 4.69) is 0 Å². The van der Waals surface area contributed by atoms with E-state index in [9.17, 15) is 27.7 Å². The van der Waals surface area contributed by atoms with E-state index >= 15 is 0 Å². The Hall–Kier alpha value is -2.81. The van der Waals surface area contributed by atoms with Gasteiger partial charge in [-0.25, -0.2) is 12.8 Å². The average molecular weight is 367 g/mol. The lowest BCUT2D eigenvalue weighted by Gasteiger charge is -2.06. The fraction of sp³-hybridized carbons (Fsp3) is 0.188. The van der Waals surface area contributed by atoms with E-state index < -0.39 is 50.2 Å². The number of carbonyl (C=O) groups is 1. The number of halogens is 1. The van der Waals surface area contributed by atoms with Crippen molar-refractivity contribution in [1.29, 1.82) is 0 Å². The highest BCUT2D eigenvalue weighted by molar-refractivity contribution is 7.91. The Balaban J connectivity index is 2.07. The zero-order chi connectivity index (χ0) is 18.6. The summed E-state index contributed by atoms with van der Waals surface area (Å²) in [5.74, 6) is -2.93. The summed E-state index contributed by atoms with van der Waals surface area (Å²) in [7, 11) is -3.71. The molecule has 0 N–H and O–H groups in total. The Morgan fingerprint density at radius 2 is 1.84 bits per heavy atom. The third-order valence-electron chi connectivity index (χ3n) is 3.30. The second-order valence-corrected chi connectivity index (χ2v) is 7.33. The summed E-state index contributed by atoms with van der Waals surface area (Å²) in [6.07, 6.45) is -0.524. The molecule has 0 saturated heterocycles. The lowest BCUT2D eigenvalue weighted by molar-refractivity contribution is -0.385. The zero-order valence-corrected chi connectivity index (χ0v) is 14.0.